The number of nitrogen functional groups attached to an aromatic ring is 1. The number of ether oxygens (including phenoxy) is 1. The summed E-state index contributed by atoms with van der Waals surface area (Å²) in [6.45, 7) is 2.55. The van der Waals surface area contributed by atoms with Crippen LogP contribution in [-0.2, 0) is 6.54 Å². The summed E-state index contributed by atoms with van der Waals surface area (Å²) >= 11 is 0. The van der Waals surface area contributed by atoms with Crippen molar-refractivity contribution in [3.63, 3.8) is 0 Å². The topological polar surface area (TPSA) is 110 Å². The molecule has 0 spiro atoms. The van der Waals surface area contributed by atoms with Crippen molar-refractivity contribution < 1.29 is 4.74 Å². The molecule has 2 N–H and O–H groups in total. The van der Waals surface area contributed by atoms with Gasteiger partial charge < -0.3 is 15.0 Å². The van der Waals surface area contributed by atoms with Gasteiger partial charge in [-0.2, -0.15) is 0 Å². The van der Waals surface area contributed by atoms with Crippen LogP contribution < -0.4 is 10.5 Å². The van der Waals surface area contributed by atoms with Crippen LogP contribution in [0.4, 0.5) is 5.82 Å². The van der Waals surface area contributed by atoms with E-state index in [0.717, 1.165) is 27.9 Å². The summed E-state index contributed by atoms with van der Waals surface area (Å²) in [4.78, 5) is 23.4. The molecule has 0 radical (unpaired) electrons. The lowest BCUT2D eigenvalue weighted by molar-refractivity contribution is 0.414. The molecule has 172 valence electrons. The first-order chi connectivity index (χ1) is 17.1. The molecule has 0 unspecified atom stereocenters. The first-order valence-corrected chi connectivity index (χ1v) is 11.1. The Bertz CT molecular complexity index is 1680. The van der Waals surface area contributed by atoms with Crippen molar-refractivity contribution in [3.05, 3.63) is 84.6 Å². The molecule has 6 aromatic rings. The minimum absolute atomic E-state index is 0.470. The molecule has 9 nitrogen and oxygen atoms in total. The second-order valence-corrected chi connectivity index (χ2v) is 8.24. The van der Waals surface area contributed by atoms with Crippen molar-refractivity contribution in [1.29, 1.82) is 0 Å². The second-order valence-electron chi connectivity index (χ2n) is 8.24. The van der Waals surface area contributed by atoms with Gasteiger partial charge in [0.15, 0.2) is 22.8 Å². The summed E-state index contributed by atoms with van der Waals surface area (Å²) in [5.74, 6) is 2.46. The highest BCUT2D eigenvalue weighted by atomic mass is 16.5. The normalized spacial score (nSPS) is 11.4. The zero-order chi connectivity index (χ0) is 23.9. The summed E-state index contributed by atoms with van der Waals surface area (Å²) < 4.78 is 9.28. The van der Waals surface area contributed by atoms with Crippen LogP contribution in [0.5, 0.6) is 5.75 Å². The highest BCUT2D eigenvalue weighted by Crippen LogP contribution is 2.28. The molecule has 0 saturated carbocycles. The van der Waals surface area contributed by atoms with Gasteiger partial charge in [-0.3, -0.25) is 4.57 Å². The largest absolute Gasteiger partial charge is 0.497 e. The van der Waals surface area contributed by atoms with Crippen LogP contribution in [0.25, 0.3) is 39.4 Å². The lowest BCUT2D eigenvalue weighted by Crippen LogP contribution is -2.05. The number of anilines is 1. The van der Waals surface area contributed by atoms with Crippen molar-refractivity contribution >= 4 is 27.9 Å². The van der Waals surface area contributed by atoms with Crippen LogP contribution in [0, 0.1) is 6.92 Å². The first-order valence-electron chi connectivity index (χ1n) is 11.1. The number of aryl methyl sites for hydroxylation is 1. The molecular formula is C26H22N8O. The van der Waals surface area contributed by atoms with E-state index >= 15 is 0 Å². The van der Waals surface area contributed by atoms with E-state index in [1.807, 2.05) is 76.9 Å². The molecule has 1 aromatic carbocycles. The summed E-state index contributed by atoms with van der Waals surface area (Å²) in [6.07, 6.45) is 5.42. The average molecular weight is 463 g/mol. The molecule has 0 fully saturated rings. The molecule has 35 heavy (non-hydrogen) atoms. The van der Waals surface area contributed by atoms with E-state index in [1.54, 1.807) is 19.6 Å². The maximum Gasteiger partial charge on any atom is 0.182 e. The lowest BCUT2D eigenvalue weighted by Gasteiger charge is -2.10. The number of fused-ring (bicyclic) bond motifs is 2. The molecule has 5 heterocycles. The van der Waals surface area contributed by atoms with Gasteiger partial charge in [-0.05, 0) is 48.9 Å². The van der Waals surface area contributed by atoms with Crippen LogP contribution in [-0.4, -0.2) is 41.2 Å². The number of nitrogens with two attached hydrogens (primary N) is 1. The van der Waals surface area contributed by atoms with Crippen LogP contribution in [0.15, 0.2) is 73.3 Å². The quantitative estimate of drug-likeness (QED) is 0.409. The highest BCUT2D eigenvalue weighted by Gasteiger charge is 2.18. The number of imidazole rings is 1. The van der Waals surface area contributed by atoms with Gasteiger partial charge >= 0.3 is 0 Å². The standard InChI is InChI=1S/C26H22N8O/c1-16-4-3-5-20(30-16)24-31-25-22(29-15-33(25)14-17-6-8-18(35-2)9-7-17)26(32-24)34-13-11-19-21(34)10-12-28-23(19)27/h3-13,15H,14H2,1-2H3,(H2,27,28). The minimum atomic E-state index is 0.470. The van der Waals surface area contributed by atoms with E-state index in [1.165, 1.54) is 0 Å². The van der Waals surface area contributed by atoms with Crippen molar-refractivity contribution in [2.75, 3.05) is 12.8 Å². The number of rotatable bonds is 5. The number of pyridine rings is 2. The van der Waals surface area contributed by atoms with E-state index < -0.39 is 0 Å². The van der Waals surface area contributed by atoms with E-state index in [0.29, 0.717) is 40.9 Å². The fraction of sp³-hybridized carbons (Fsp3) is 0.115. The van der Waals surface area contributed by atoms with Crippen LogP contribution in [0.2, 0.25) is 0 Å². The molecule has 0 amide bonds. The number of benzene rings is 1. The monoisotopic (exact) mass is 462 g/mol. The lowest BCUT2D eigenvalue weighted by atomic mass is 10.2. The smallest absolute Gasteiger partial charge is 0.182 e. The number of methoxy groups -OCH3 is 1. The first kappa shape index (κ1) is 20.8. The third-order valence-electron chi connectivity index (χ3n) is 5.95. The fourth-order valence-electron chi connectivity index (χ4n) is 4.20. The van der Waals surface area contributed by atoms with Crippen molar-refractivity contribution in [1.82, 2.24) is 34.1 Å². The van der Waals surface area contributed by atoms with Gasteiger partial charge in [-0.1, -0.05) is 18.2 Å². The summed E-state index contributed by atoms with van der Waals surface area (Å²) in [6, 6.07) is 17.6. The van der Waals surface area contributed by atoms with Crippen LogP contribution >= 0.6 is 0 Å². The zero-order valence-electron chi connectivity index (χ0n) is 19.3. The molecule has 0 aliphatic heterocycles. The third kappa shape index (κ3) is 3.63. The minimum Gasteiger partial charge on any atom is -0.497 e. The van der Waals surface area contributed by atoms with Crippen LogP contribution in [0.3, 0.4) is 0 Å². The van der Waals surface area contributed by atoms with Gasteiger partial charge in [-0.25, -0.2) is 24.9 Å². The van der Waals surface area contributed by atoms with Gasteiger partial charge in [0.05, 0.1) is 25.5 Å². The number of nitrogens with zero attached hydrogens (tertiary/aromatic N) is 7. The molecule has 0 aliphatic rings. The van der Waals surface area contributed by atoms with Crippen molar-refractivity contribution in [2.24, 2.45) is 0 Å². The molecule has 0 bridgehead atoms. The van der Waals surface area contributed by atoms with Gasteiger partial charge in [0.25, 0.3) is 0 Å². The third-order valence-corrected chi connectivity index (χ3v) is 5.95. The fourth-order valence-corrected chi connectivity index (χ4v) is 4.20. The molecule has 9 heteroatoms. The molecular weight excluding hydrogens is 440 g/mol. The Morgan fingerprint density at radius 1 is 0.943 bits per heavy atom. The summed E-state index contributed by atoms with van der Waals surface area (Å²) in [5.41, 5.74) is 11.1. The van der Waals surface area contributed by atoms with Gasteiger partial charge in [0, 0.05) is 23.5 Å². The van der Waals surface area contributed by atoms with E-state index in [-0.39, 0.29) is 0 Å². The zero-order valence-corrected chi connectivity index (χ0v) is 19.3. The van der Waals surface area contributed by atoms with Crippen molar-refractivity contribution in [2.45, 2.75) is 13.5 Å². The van der Waals surface area contributed by atoms with E-state index in [2.05, 4.69) is 9.97 Å². The van der Waals surface area contributed by atoms with Gasteiger partial charge in [0.2, 0.25) is 0 Å². The van der Waals surface area contributed by atoms with E-state index in [9.17, 15) is 0 Å². The number of hydrogen-bond donors (Lipinski definition) is 1. The molecule has 0 atom stereocenters. The van der Waals surface area contributed by atoms with Crippen molar-refractivity contribution in [3.8, 4) is 23.1 Å². The Kier molecular flexibility index (Phi) is 4.88. The maximum absolute atomic E-state index is 6.11. The van der Waals surface area contributed by atoms with Gasteiger partial charge in [-0.15, -0.1) is 0 Å². The predicted octanol–water partition coefficient (Wildman–Crippen LogP) is 4.17. The Balaban J connectivity index is 1.56. The Morgan fingerprint density at radius 3 is 2.60 bits per heavy atom. The molecule has 6 rings (SSSR count). The Labute approximate surface area is 200 Å². The van der Waals surface area contributed by atoms with E-state index in [4.69, 9.17) is 25.4 Å². The predicted molar refractivity (Wildman–Crippen MR) is 134 cm³/mol. The number of aromatic nitrogens is 7. The second kappa shape index (κ2) is 8.21. The summed E-state index contributed by atoms with van der Waals surface area (Å²) in [5, 5.41) is 0.854. The number of hydrogen-bond acceptors (Lipinski definition) is 7. The van der Waals surface area contributed by atoms with Gasteiger partial charge in [0.1, 0.15) is 17.3 Å². The Hall–Kier alpha value is -4.79. The maximum atomic E-state index is 6.11. The SMILES string of the molecule is COc1ccc(Cn2cnc3c(-n4ccc5c(N)nccc54)nc(-c4cccc(C)n4)nc32)cc1. The molecule has 5 aromatic heterocycles. The molecule has 0 saturated heterocycles. The highest BCUT2D eigenvalue weighted by molar-refractivity contribution is 5.92. The van der Waals surface area contributed by atoms with Crippen LogP contribution in [0.1, 0.15) is 11.3 Å². The molecule has 0 aliphatic carbocycles. The Morgan fingerprint density at radius 2 is 1.80 bits per heavy atom. The average Bonchev–Trinajstić information content (AvgIpc) is 3.49. The summed E-state index contributed by atoms with van der Waals surface area (Å²) in [7, 11) is 1.66.